The Hall–Kier alpha value is -1.30. The highest BCUT2D eigenvalue weighted by molar-refractivity contribution is 5.54. The Bertz CT molecular complexity index is 390. The summed E-state index contributed by atoms with van der Waals surface area (Å²) in [6.45, 7) is 0.111. The van der Waals surface area contributed by atoms with Gasteiger partial charge in [-0.1, -0.05) is 6.07 Å². The molecular formula is C11H13F4NO. The van der Waals surface area contributed by atoms with Crippen molar-refractivity contribution in [1.29, 1.82) is 0 Å². The average Bonchev–Trinajstić information content (AvgIpc) is 2.13. The van der Waals surface area contributed by atoms with Crippen LogP contribution in [0.3, 0.4) is 0 Å². The van der Waals surface area contributed by atoms with E-state index in [1.54, 1.807) is 0 Å². The molecule has 0 unspecified atom stereocenters. The van der Waals surface area contributed by atoms with Gasteiger partial charge in [-0.2, -0.15) is 13.2 Å². The lowest BCUT2D eigenvalue weighted by Crippen LogP contribution is -2.31. The molecule has 0 amide bonds. The molecule has 0 saturated heterocycles. The zero-order valence-corrected chi connectivity index (χ0v) is 9.42. The second-order valence-electron chi connectivity index (χ2n) is 3.82. The summed E-state index contributed by atoms with van der Waals surface area (Å²) in [5.41, 5.74) is -0.0865. The minimum Gasteiger partial charge on any atom is -0.389 e. The Morgan fingerprint density at radius 2 is 1.94 bits per heavy atom. The van der Waals surface area contributed by atoms with E-state index in [4.69, 9.17) is 0 Å². The molecule has 0 aliphatic heterocycles. The van der Waals surface area contributed by atoms with Crippen molar-refractivity contribution in [1.82, 2.24) is 0 Å². The number of nitrogens with zero attached hydrogens (tertiary/aromatic N) is 1. The van der Waals surface area contributed by atoms with Crippen LogP contribution < -0.4 is 4.90 Å². The maximum Gasteiger partial charge on any atom is 0.405 e. The summed E-state index contributed by atoms with van der Waals surface area (Å²) in [6, 6.07) is 3.76. The first-order valence-electron chi connectivity index (χ1n) is 4.96. The van der Waals surface area contributed by atoms with Gasteiger partial charge in [0.05, 0.1) is 6.10 Å². The maximum absolute atomic E-state index is 13.4. The summed E-state index contributed by atoms with van der Waals surface area (Å²) >= 11 is 0. The molecule has 1 aromatic carbocycles. The van der Waals surface area contributed by atoms with Crippen LogP contribution in [0, 0.1) is 5.82 Å². The molecule has 0 spiro atoms. The Morgan fingerprint density at radius 1 is 1.35 bits per heavy atom. The topological polar surface area (TPSA) is 23.5 Å². The molecule has 0 aliphatic carbocycles. The first-order valence-corrected chi connectivity index (χ1v) is 4.96. The van der Waals surface area contributed by atoms with Crippen LogP contribution in [-0.2, 0) is 0 Å². The number of rotatable bonds is 3. The number of hydrogen-bond acceptors (Lipinski definition) is 2. The van der Waals surface area contributed by atoms with Crippen LogP contribution in [0.1, 0.15) is 18.6 Å². The number of aliphatic hydroxyl groups is 1. The maximum atomic E-state index is 13.4. The van der Waals surface area contributed by atoms with Gasteiger partial charge in [-0.25, -0.2) is 4.39 Å². The molecule has 1 N–H and O–H groups in total. The fourth-order valence-electron chi connectivity index (χ4n) is 1.63. The van der Waals surface area contributed by atoms with Crippen molar-refractivity contribution in [2.45, 2.75) is 19.2 Å². The van der Waals surface area contributed by atoms with E-state index < -0.39 is 24.6 Å². The zero-order chi connectivity index (χ0) is 13.2. The van der Waals surface area contributed by atoms with Gasteiger partial charge >= 0.3 is 6.18 Å². The Labute approximate surface area is 96.5 Å². The van der Waals surface area contributed by atoms with Gasteiger partial charge in [0.2, 0.25) is 0 Å². The molecule has 0 fully saturated rings. The van der Waals surface area contributed by atoms with E-state index in [1.165, 1.54) is 26.1 Å². The van der Waals surface area contributed by atoms with Crippen molar-refractivity contribution in [2.75, 3.05) is 18.5 Å². The zero-order valence-electron chi connectivity index (χ0n) is 9.42. The van der Waals surface area contributed by atoms with Crippen molar-refractivity contribution in [3.05, 3.63) is 29.6 Å². The predicted octanol–water partition coefficient (Wildman–Crippen LogP) is 2.88. The van der Waals surface area contributed by atoms with Crippen LogP contribution >= 0.6 is 0 Å². The van der Waals surface area contributed by atoms with E-state index in [-0.39, 0.29) is 11.3 Å². The molecule has 6 heteroatoms. The molecule has 0 aromatic heterocycles. The Morgan fingerprint density at radius 3 is 2.41 bits per heavy atom. The minimum absolute atomic E-state index is 0.0392. The standard InChI is InChI=1S/C11H13F4NO/c1-7(17)10-8(12)4-3-5-9(10)16(2)6-11(13,14)15/h3-5,7,17H,6H2,1-2H3/t7-/m0/s1. The van der Waals surface area contributed by atoms with Crippen molar-refractivity contribution in [3.63, 3.8) is 0 Å². The third kappa shape index (κ3) is 3.59. The highest BCUT2D eigenvalue weighted by Crippen LogP contribution is 2.30. The number of halogens is 4. The summed E-state index contributed by atoms with van der Waals surface area (Å²) in [5, 5.41) is 9.38. The molecule has 1 atom stereocenters. The molecule has 0 aliphatic rings. The second-order valence-corrected chi connectivity index (χ2v) is 3.82. The van der Waals surface area contributed by atoms with Gasteiger partial charge in [-0.05, 0) is 19.1 Å². The molecule has 1 rings (SSSR count). The molecule has 17 heavy (non-hydrogen) atoms. The quantitative estimate of drug-likeness (QED) is 0.835. The summed E-state index contributed by atoms with van der Waals surface area (Å²) in [4.78, 5) is 0.866. The minimum atomic E-state index is -4.38. The van der Waals surface area contributed by atoms with Gasteiger partial charge in [-0.15, -0.1) is 0 Å². The molecule has 96 valence electrons. The van der Waals surface area contributed by atoms with E-state index >= 15 is 0 Å². The second kappa shape index (κ2) is 4.91. The van der Waals surface area contributed by atoms with Crippen molar-refractivity contribution < 1.29 is 22.7 Å². The van der Waals surface area contributed by atoms with Gasteiger partial charge in [-0.3, -0.25) is 0 Å². The molecule has 2 nitrogen and oxygen atoms in total. The van der Waals surface area contributed by atoms with Crippen molar-refractivity contribution in [3.8, 4) is 0 Å². The summed E-state index contributed by atoms with van der Waals surface area (Å²) < 4.78 is 50.1. The predicted molar refractivity (Wildman–Crippen MR) is 56.4 cm³/mol. The molecule has 0 bridgehead atoms. The van der Waals surface area contributed by atoms with E-state index in [2.05, 4.69) is 0 Å². The highest BCUT2D eigenvalue weighted by Gasteiger charge is 2.30. The highest BCUT2D eigenvalue weighted by atomic mass is 19.4. The summed E-state index contributed by atoms with van der Waals surface area (Å²) in [7, 11) is 1.20. The smallest absolute Gasteiger partial charge is 0.389 e. The largest absolute Gasteiger partial charge is 0.405 e. The van der Waals surface area contributed by atoms with Crippen LogP contribution in [0.25, 0.3) is 0 Å². The van der Waals surface area contributed by atoms with Gasteiger partial charge in [0.15, 0.2) is 0 Å². The number of anilines is 1. The first-order chi connectivity index (χ1) is 7.72. The van der Waals surface area contributed by atoms with Crippen LogP contribution in [0.4, 0.5) is 23.2 Å². The number of aliphatic hydroxyl groups excluding tert-OH is 1. The normalized spacial score (nSPS) is 13.6. The lowest BCUT2D eigenvalue weighted by Gasteiger charge is -2.24. The van der Waals surface area contributed by atoms with Gasteiger partial charge in [0.25, 0.3) is 0 Å². The van der Waals surface area contributed by atoms with E-state index in [0.29, 0.717) is 0 Å². The van der Waals surface area contributed by atoms with Gasteiger partial charge in [0, 0.05) is 18.3 Å². The Balaban J connectivity index is 3.09. The fraction of sp³-hybridized carbons (Fsp3) is 0.455. The van der Waals surface area contributed by atoms with E-state index in [0.717, 1.165) is 11.0 Å². The number of benzene rings is 1. The monoisotopic (exact) mass is 251 g/mol. The van der Waals surface area contributed by atoms with Crippen LogP contribution in [0.5, 0.6) is 0 Å². The molecule has 0 radical (unpaired) electrons. The average molecular weight is 251 g/mol. The lowest BCUT2D eigenvalue weighted by molar-refractivity contribution is -0.119. The summed E-state index contributed by atoms with van der Waals surface area (Å²) in [5.74, 6) is -0.716. The summed E-state index contributed by atoms with van der Waals surface area (Å²) in [6.07, 6.45) is -5.54. The third-order valence-electron chi connectivity index (χ3n) is 2.28. The van der Waals surface area contributed by atoms with Crippen molar-refractivity contribution in [2.24, 2.45) is 0 Å². The SMILES string of the molecule is C[C@H](O)c1c(F)cccc1N(C)CC(F)(F)F. The van der Waals surface area contributed by atoms with Crippen LogP contribution in [0.2, 0.25) is 0 Å². The number of hydrogen-bond donors (Lipinski definition) is 1. The van der Waals surface area contributed by atoms with Gasteiger partial charge in [0.1, 0.15) is 12.4 Å². The molecule has 0 heterocycles. The van der Waals surface area contributed by atoms with Gasteiger partial charge < -0.3 is 10.0 Å². The lowest BCUT2D eigenvalue weighted by atomic mass is 10.1. The Kier molecular flexibility index (Phi) is 3.98. The molecular weight excluding hydrogens is 238 g/mol. The first kappa shape index (κ1) is 13.8. The number of alkyl halides is 3. The van der Waals surface area contributed by atoms with E-state index in [9.17, 15) is 22.7 Å². The van der Waals surface area contributed by atoms with Crippen LogP contribution in [0.15, 0.2) is 18.2 Å². The molecule has 0 saturated carbocycles. The van der Waals surface area contributed by atoms with Crippen molar-refractivity contribution >= 4 is 5.69 Å². The van der Waals surface area contributed by atoms with E-state index in [1.807, 2.05) is 0 Å². The third-order valence-corrected chi connectivity index (χ3v) is 2.28. The van der Waals surface area contributed by atoms with Crippen LogP contribution in [-0.4, -0.2) is 24.9 Å². The fourth-order valence-corrected chi connectivity index (χ4v) is 1.63. The molecule has 1 aromatic rings.